The van der Waals surface area contributed by atoms with E-state index in [0.717, 1.165) is 5.75 Å². The summed E-state index contributed by atoms with van der Waals surface area (Å²) in [7, 11) is -4.39. The zero-order valence-electron chi connectivity index (χ0n) is 11.7. The monoisotopic (exact) mass is 327 g/mol. The van der Waals surface area contributed by atoms with E-state index in [9.17, 15) is 14.2 Å². The first-order valence-electron chi connectivity index (χ1n) is 6.00. The van der Waals surface area contributed by atoms with Gasteiger partial charge in [0, 0.05) is 0 Å². The van der Waals surface area contributed by atoms with Crippen LogP contribution in [0.5, 0.6) is 0 Å². The van der Waals surface area contributed by atoms with Gasteiger partial charge in [0.2, 0.25) is 11.8 Å². The molecule has 10 heteroatoms. The number of carbonyl (C=O) groups is 2. The van der Waals surface area contributed by atoms with E-state index in [2.05, 4.69) is 10.6 Å². The number of thioether (sulfide) groups is 1. The molecule has 0 rings (SSSR count). The van der Waals surface area contributed by atoms with Gasteiger partial charge in [-0.1, -0.05) is 0 Å². The van der Waals surface area contributed by atoms with Gasteiger partial charge in [-0.25, -0.2) is 0 Å². The Morgan fingerprint density at radius 2 is 1.80 bits per heavy atom. The predicted molar refractivity (Wildman–Crippen MR) is 78.2 cm³/mol. The summed E-state index contributed by atoms with van der Waals surface area (Å²) in [5.74, 6) is -1.72. The number of carbonyl (C=O) groups excluding carboxylic acids is 2. The van der Waals surface area contributed by atoms with E-state index in [1.54, 1.807) is 11.8 Å². The molecule has 0 fully saturated rings. The molecule has 0 spiro atoms. The maximum atomic E-state index is 11.7. The van der Waals surface area contributed by atoms with Gasteiger partial charge in [-0.2, -0.15) is 11.8 Å². The highest BCUT2D eigenvalue weighted by atomic mass is 32.2. The Balaban J connectivity index is 4.32. The summed E-state index contributed by atoms with van der Waals surface area (Å²) in [6, 6.07) is -1.63. The molecule has 0 unspecified atom stereocenters. The molecule has 0 radical (unpaired) electrons. The van der Waals surface area contributed by atoms with E-state index >= 15 is 0 Å². The molecule has 2 amide bonds. The third-order valence-electron chi connectivity index (χ3n) is 2.58. The van der Waals surface area contributed by atoms with Gasteiger partial charge in [-0.3, -0.25) is 14.2 Å². The summed E-state index contributed by atoms with van der Waals surface area (Å²) < 4.78 is 10.9. The van der Waals surface area contributed by atoms with Crippen molar-refractivity contribution in [3.63, 3.8) is 0 Å². The van der Waals surface area contributed by atoms with Crippen LogP contribution < -0.4 is 16.4 Å². The molecule has 0 aliphatic rings. The lowest BCUT2D eigenvalue weighted by molar-refractivity contribution is -0.129. The van der Waals surface area contributed by atoms with Gasteiger partial charge in [-0.05, 0) is 32.3 Å². The van der Waals surface area contributed by atoms with Gasteiger partial charge in [0.05, 0.1) is 6.04 Å². The Bertz CT molecular complexity index is 389. The number of rotatable bonds is 8. The van der Waals surface area contributed by atoms with E-state index in [4.69, 9.17) is 15.5 Å². The molecule has 20 heavy (non-hydrogen) atoms. The Kier molecular flexibility index (Phi) is 8.38. The van der Waals surface area contributed by atoms with Crippen LogP contribution in [0.15, 0.2) is 0 Å². The van der Waals surface area contributed by atoms with Crippen molar-refractivity contribution in [3.8, 4) is 0 Å². The molecule has 0 aromatic carbocycles. The number of nitrogens with two attached hydrogens (primary N) is 1. The van der Waals surface area contributed by atoms with Crippen molar-refractivity contribution >= 4 is 31.2 Å². The van der Waals surface area contributed by atoms with Gasteiger partial charge < -0.3 is 26.2 Å². The molecule has 3 atom stereocenters. The quantitative estimate of drug-likeness (QED) is 0.368. The van der Waals surface area contributed by atoms with Crippen molar-refractivity contribution < 1.29 is 23.9 Å². The zero-order chi connectivity index (χ0) is 15.9. The van der Waals surface area contributed by atoms with Crippen LogP contribution in [0.1, 0.15) is 20.3 Å². The molecule has 8 nitrogen and oxygen atoms in total. The minimum Gasteiger partial charge on any atom is -0.343 e. The fourth-order valence-electron chi connectivity index (χ4n) is 1.18. The Morgan fingerprint density at radius 3 is 2.25 bits per heavy atom. The number of hydrogen-bond donors (Lipinski definition) is 5. The summed E-state index contributed by atoms with van der Waals surface area (Å²) in [5, 5.41) is 4.55. The highest BCUT2D eigenvalue weighted by molar-refractivity contribution is 7.98. The first-order valence-corrected chi connectivity index (χ1v) is 9.07. The Morgan fingerprint density at radius 1 is 1.25 bits per heavy atom. The van der Waals surface area contributed by atoms with Crippen LogP contribution in [-0.2, 0) is 14.2 Å². The zero-order valence-corrected chi connectivity index (χ0v) is 13.4. The average Bonchev–Trinajstić information content (AvgIpc) is 2.34. The molecule has 0 aliphatic heterocycles. The molecule has 0 bridgehead atoms. The minimum atomic E-state index is -4.39. The summed E-state index contributed by atoms with van der Waals surface area (Å²) in [4.78, 5) is 41.1. The lowest BCUT2D eigenvalue weighted by Gasteiger charge is -2.20. The van der Waals surface area contributed by atoms with Crippen LogP contribution in [0.2, 0.25) is 0 Å². The van der Waals surface area contributed by atoms with Crippen molar-refractivity contribution in [3.05, 3.63) is 0 Å². The second kappa shape index (κ2) is 8.63. The maximum Gasteiger partial charge on any atom is 0.347 e. The molecule has 118 valence electrons. The smallest absolute Gasteiger partial charge is 0.343 e. The average molecular weight is 327 g/mol. The summed E-state index contributed by atoms with van der Waals surface area (Å²) in [6.07, 6.45) is 2.38. The molecule has 0 saturated heterocycles. The fourth-order valence-corrected chi connectivity index (χ4v) is 1.96. The second-order valence-electron chi connectivity index (χ2n) is 4.39. The molecule has 0 heterocycles. The lowest BCUT2D eigenvalue weighted by atomic mass is 10.2. The van der Waals surface area contributed by atoms with Crippen LogP contribution in [-0.4, -0.2) is 51.5 Å². The third-order valence-corrected chi connectivity index (χ3v) is 4.36. The van der Waals surface area contributed by atoms with Crippen LogP contribution in [0.3, 0.4) is 0 Å². The van der Waals surface area contributed by atoms with Gasteiger partial charge in [0.1, 0.15) is 11.8 Å². The second-order valence-corrected chi connectivity index (χ2v) is 7.33. The summed E-state index contributed by atoms with van der Waals surface area (Å²) >= 11 is 1.56. The summed E-state index contributed by atoms with van der Waals surface area (Å²) in [6.45, 7) is 2.61. The minimum absolute atomic E-state index is 0.467. The Hall–Kier alpha value is -0.600. The standard InChI is InChI=1S/C10H22N3O5PS/c1-6(9(14)13-7(2)19(16,17)18)12-10(15)8(11)4-5-20-3/h6-8H,4-5,11H2,1-3H3,(H,12,15)(H,13,14)(H2,16,17,18)/t6-,7+,8-/m0/s1. The van der Waals surface area contributed by atoms with E-state index < -0.39 is 37.3 Å². The normalized spacial score (nSPS) is 16.1. The third kappa shape index (κ3) is 7.25. The van der Waals surface area contributed by atoms with Gasteiger partial charge >= 0.3 is 7.60 Å². The van der Waals surface area contributed by atoms with E-state index in [0.29, 0.717) is 6.42 Å². The molecular weight excluding hydrogens is 305 g/mol. The van der Waals surface area contributed by atoms with Crippen molar-refractivity contribution in [2.75, 3.05) is 12.0 Å². The van der Waals surface area contributed by atoms with Crippen LogP contribution >= 0.6 is 19.4 Å². The van der Waals surface area contributed by atoms with Gasteiger partial charge in [0.25, 0.3) is 0 Å². The molecular formula is C10H22N3O5PS. The first kappa shape index (κ1) is 19.4. The lowest BCUT2D eigenvalue weighted by Crippen LogP contribution is -2.51. The number of amides is 2. The van der Waals surface area contributed by atoms with Gasteiger partial charge in [-0.15, -0.1) is 0 Å². The molecule has 0 aromatic heterocycles. The van der Waals surface area contributed by atoms with Crippen LogP contribution in [0, 0.1) is 0 Å². The van der Waals surface area contributed by atoms with Crippen molar-refractivity contribution in [1.82, 2.24) is 10.6 Å². The van der Waals surface area contributed by atoms with E-state index in [-0.39, 0.29) is 0 Å². The summed E-state index contributed by atoms with van der Waals surface area (Å²) in [5.41, 5.74) is 5.64. The molecule has 0 aromatic rings. The highest BCUT2D eigenvalue weighted by Gasteiger charge is 2.28. The predicted octanol–water partition coefficient (Wildman–Crippen LogP) is -0.789. The van der Waals surface area contributed by atoms with E-state index in [1.165, 1.54) is 13.8 Å². The van der Waals surface area contributed by atoms with Crippen molar-refractivity contribution in [2.24, 2.45) is 5.73 Å². The van der Waals surface area contributed by atoms with Crippen molar-refractivity contribution in [1.29, 1.82) is 0 Å². The fraction of sp³-hybridized carbons (Fsp3) is 0.800. The maximum absolute atomic E-state index is 11.7. The highest BCUT2D eigenvalue weighted by Crippen LogP contribution is 2.38. The molecule has 0 saturated carbocycles. The van der Waals surface area contributed by atoms with Crippen LogP contribution in [0.4, 0.5) is 0 Å². The Labute approximate surface area is 122 Å². The first-order chi connectivity index (χ1) is 9.09. The number of nitrogens with one attached hydrogen (secondary N) is 2. The number of hydrogen-bond acceptors (Lipinski definition) is 5. The molecule has 6 N–H and O–H groups in total. The molecule has 0 aliphatic carbocycles. The SMILES string of the molecule is CSCC[C@H](N)C(=O)N[C@@H](C)C(=O)N[C@@H](C)P(=O)(O)O. The largest absolute Gasteiger partial charge is 0.347 e. The topological polar surface area (TPSA) is 142 Å². The van der Waals surface area contributed by atoms with Gasteiger partial charge in [0.15, 0.2) is 0 Å². The van der Waals surface area contributed by atoms with Crippen LogP contribution in [0.25, 0.3) is 0 Å². The van der Waals surface area contributed by atoms with E-state index in [1.807, 2.05) is 6.26 Å². The van der Waals surface area contributed by atoms with Crippen molar-refractivity contribution in [2.45, 2.75) is 38.1 Å².